The second-order valence-corrected chi connectivity index (χ2v) is 12.9. The zero-order valence-electron chi connectivity index (χ0n) is 30.0. The van der Waals surface area contributed by atoms with Crippen LogP contribution in [0, 0.1) is 0 Å². The fourth-order valence-electron chi connectivity index (χ4n) is 5.13. The molecule has 0 saturated heterocycles. The fraction of sp³-hybridized carbons (Fsp3) is 0.649. The average Bonchev–Trinajstić information content (AvgIpc) is 3.48. The summed E-state index contributed by atoms with van der Waals surface area (Å²) in [5.41, 5.74) is 2.46. The third kappa shape index (κ3) is 16.8. The SMILES string of the molecule is CN(C)CCCOCCCN(C)CCCOc1ccc(-c2nc3ccc(OCCCN(C)CCCOCCCN(C)C)cc3o2)cc1. The van der Waals surface area contributed by atoms with Gasteiger partial charge in [-0.25, -0.2) is 4.98 Å². The first-order chi connectivity index (χ1) is 22.8. The maximum absolute atomic E-state index is 6.09. The predicted molar refractivity (Wildman–Crippen MR) is 192 cm³/mol. The molecule has 1 aromatic heterocycles. The second-order valence-electron chi connectivity index (χ2n) is 12.9. The Hall–Kier alpha value is -2.73. The van der Waals surface area contributed by atoms with Crippen LogP contribution in [0.4, 0.5) is 0 Å². The highest BCUT2D eigenvalue weighted by atomic mass is 16.5. The highest BCUT2D eigenvalue weighted by Gasteiger charge is 2.10. The van der Waals surface area contributed by atoms with E-state index in [1.165, 1.54) is 0 Å². The van der Waals surface area contributed by atoms with Crippen molar-refractivity contribution < 1.29 is 23.4 Å². The van der Waals surface area contributed by atoms with E-state index in [0.717, 1.165) is 132 Å². The van der Waals surface area contributed by atoms with Crippen LogP contribution in [0.5, 0.6) is 11.5 Å². The van der Waals surface area contributed by atoms with Crippen molar-refractivity contribution in [3.8, 4) is 23.0 Å². The van der Waals surface area contributed by atoms with E-state index < -0.39 is 0 Å². The Morgan fingerprint density at radius 1 is 0.532 bits per heavy atom. The molecular formula is C37H61N5O5. The van der Waals surface area contributed by atoms with Crippen LogP contribution >= 0.6 is 0 Å². The van der Waals surface area contributed by atoms with Crippen molar-refractivity contribution in [2.24, 2.45) is 0 Å². The third-order valence-corrected chi connectivity index (χ3v) is 7.81. The number of ether oxygens (including phenoxy) is 4. The molecule has 3 rings (SSSR count). The van der Waals surface area contributed by atoms with Gasteiger partial charge in [0.2, 0.25) is 5.89 Å². The van der Waals surface area contributed by atoms with E-state index in [0.29, 0.717) is 19.1 Å². The number of fused-ring (bicyclic) bond motifs is 1. The highest BCUT2D eigenvalue weighted by molar-refractivity contribution is 5.77. The molecule has 0 N–H and O–H groups in total. The van der Waals surface area contributed by atoms with Crippen molar-refractivity contribution in [3.63, 3.8) is 0 Å². The summed E-state index contributed by atoms with van der Waals surface area (Å²) in [5, 5.41) is 0. The van der Waals surface area contributed by atoms with Gasteiger partial charge in [-0.2, -0.15) is 0 Å². The van der Waals surface area contributed by atoms with Crippen molar-refractivity contribution in [1.82, 2.24) is 24.6 Å². The monoisotopic (exact) mass is 655 g/mol. The van der Waals surface area contributed by atoms with E-state index in [4.69, 9.17) is 23.4 Å². The Bertz CT molecular complexity index is 1220. The summed E-state index contributed by atoms with van der Waals surface area (Å²) in [5.74, 6) is 2.24. The summed E-state index contributed by atoms with van der Waals surface area (Å²) >= 11 is 0. The molecule has 0 aliphatic carbocycles. The Labute approximate surface area is 283 Å². The topological polar surface area (TPSA) is 75.9 Å². The van der Waals surface area contributed by atoms with Crippen LogP contribution in [-0.2, 0) is 9.47 Å². The molecule has 264 valence electrons. The molecule has 0 saturated carbocycles. The first-order valence-corrected chi connectivity index (χ1v) is 17.4. The Balaban J connectivity index is 1.28. The van der Waals surface area contributed by atoms with E-state index >= 15 is 0 Å². The summed E-state index contributed by atoms with van der Waals surface area (Å²) < 4.78 is 29.6. The number of hydrogen-bond acceptors (Lipinski definition) is 10. The summed E-state index contributed by atoms with van der Waals surface area (Å²) in [4.78, 5) is 13.7. The number of oxazole rings is 1. The largest absolute Gasteiger partial charge is 0.494 e. The molecular weight excluding hydrogens is 594 g/mol. The Kier molecular flexibility index (Phi) is 18.8. The number of rotatable bonds is 27. The Morgan fingerprint density at radius 3 is 1.49 bits per heavy atom. The summed E-state index contributed by atoms with van der Waals surface area (Å²) in [6.07, 6.45) is 6.20. The van der Waals surface area contributed by atoms with Crippen molar-refractivity contribution in [1.29, 1.82) is 0 Å². The fourth-order valence-corrected chi connectivity index (χ4v) is 5.13. The van der Waals surface area contributed by atoms with Crippen molar-refractivity contribution in [2.75, 3.05) is 121 Å². The standard InChI is InChI=1S/C37H61N5O5/c1-39(2)19-7-25-43-27-9-21-41(5)23-11-29-45-33-15-13-32(14-16-33)37-38-35-18-17-34(31-36(35)47-37)46-30-12-24-42(6)22-10-28-44-26-8-20-40(3)4/h13-18,31H,7-12,19-30H2,1-6H3. The maximum atomic E-state index is 6.09. The van der Waals surface area contributed by atoms with Gasteiger partial charge in [-0.15, -0.1) is 0 Å². The minimum absolute atomic E-state index is 0.593. The molecule has 0 aliphatic heterocycles. The first-order valence-electron chi connectivity index (χ1n) is 17.4. The van der Waals surface area contributed by atoms with Crippen LogP contribution in [0.1, 0.15) is 38.5 Å². The van der Waals surface area contributed by atoms with Crippen LogP contribution in [0.25, 0.3) is 22.6 Å². The smallest absolute Gasteiger partial charge is 0.227 e. The Morgan fingerprint density at radius 2 is 0.979 bits per heavy atom. The third-order valence-electron chi connectivity index (χ3n) is 7.81. The number of hydrogen-bond donors (Lipinski definition) is 0. The molecule has 0 aliphatic rings. The molecule has 0 amide bonds. The average molecular weight is 656 g/mol. The van der Waals surface area contributed by atoms with Crippen LogP contribution in [0.15, 0.2) is 46.9 Å². The van der Waals surface area contributed by atoms with Crippen molar-refractivity contribution in [3.05, 3.63) is 42.5 Å². The summed E-state index contributed by atoms with van der Waals surface area (Å²) in [6, 6.07) is 13.8. The number of benzene rings is 2. The van der Waals surface area contributed by atoms with Crippen molar-refractivity contribution >= 4 is 11.1 Å². The van der Waals surface area contributed by atoms with Gasteiger partial charge in [0.25, 0.3) is 0 Å². The number of nitrogens with zero attached hydrogens (tertiary/aromatic N) is 5. The zero-order valence-corrected chi connectivity index (χ0v) is 30.0. The van der Waals surface area contributed by atoms with E-state index in [1.807, 2.05) is 42.5 Å². The normalized spacial score (nSPS) is 12.0. The van der Waals surface area contributed by atoms with Gasteiger partial charge in [0, 0.05) is 64.2 Å². The van der Waals surface area contributed by atoms with Crippen LogP contribution in [0.3, 0.4) is 0 Å². The minimum Gasteiger partial charge on any atom is -0.494 e. The molecule has 10 heteroatoms. The molecule has 2 aromatic carbocycles. The molecule has 0 fully saturated rings. The van der Waals surface area contributed by atoms with Crippen LogP contribution in [-0.4, -0.2) is 146 Å². The molecule has 0 radical (unpaired) electrons. The van der Waals surface area contributed by atoms with Gasteiger partial charge in [-0.05, 0) is 130 Å². The van der Waals surface area contributed by atoms with Gasteiger partial charge in [-0.1, -0.05) is 0 Å². The molecule has 0 bridgehead atoms. The molecule has 1 heterocycles. The highest BCUT2D eigenvalue weighted by Crippen LogP contribution is 2.28. The van der Waals surface area contributed by atoms with E-state index in [9.17, 15) is 0 Å². The van der Waals surface area contributed by atoms with Crippen molar-refractivity contribution in [2.45, 2.75) is 38.5 Å². The van der Waals surface area contributed by atoms with Gasteiger partial charge >= 0.3 is 0 Å². The quantitative estimate of drug-likeness (QED) is 0.0968. The lowest BCUT2D eigenvalue weighted by atomic mass is 10.2. The van der Waals surface area contributed by atoms with Crippen LogP contribution < -0.4 is 9.47 Å². The molecule has 0 spiro atoms. The number of aromatic nitrogens is 1. The minimum atomic E-state index is 0.593. The lowest BCUT2D eigenvalue weighted by molar-refractivity contribution is 0.115. The van der Waals surface area contributed by atoms with Gasteiger partial charge in [0.05, 0.1) is 13.2 Å². The van der Waals surface area contributed by atoms with E-state index in [-0.39, 0.29) is 0 Å². The molecule has 0 atom stereocenters. The van der Waals surface area contributed by atoms with Crippen LogP contribution in [0.2, 0.25) is 0 Å². The predicted octanol–water partition coefficient (Wildman–Crippen LogP) is 5.61. The molecule has 47 heavy (non-hydrogen) atoms. The first kappa shape index (κ1) is 38.7. The lowest BCUT2D eigenvalue weighted by Crippen LogP contribution is -2.23. The van der Waals surface area contributed by atoms with Gasteiger partial charge in [0.1, 0.15) is 17.0 Å². The molecule has 0 unspecified atom stereocenters. The zero-order chi connectivity index (χ0) is 33.7. The van der Waals surface area contributed by atoms with E-state index in [1.54, 1.807) is 0 Å². The van der Waals surface area contributed by atoms with Gasteiger partial charge < -0.3 is 43.0 Å². The van der Waals surface area contributed by atoms with Gasteiger partial charge in [-0.3, -0.25) is 0 Å². The van der Waals surface area contributed by atoms with E-state index in [2.05, 4.69) is 66.9 Å². The second kappa shape index (κ2) is 22.8. The maximum Gasteiger partial charge on any atom is 0.227 e. The van der Waals surface area contributed by atoms with Gasteiger partial charge in [0.15, 0.2) is 5.58 Å². The molecule has 3 aromatic rings. The lowest BCUT2D eigenvalue weighted by Gasteiger charge is -2.17. The summed E-state index contributed by atoms with van der Waals surface area (Å²) in [6.45, 7) is 10.8. The summed E-state index contributed by atoms with van der Waals surface area (Å²) in [7, 11) is 12.7. The molecule has 10 nitrogen and oxygen atoms in total.